The highest BCUT2D eigenvalue weighted by Gasteiger charge is 2.25. The van der Waals surface area contributed by atoms with Crippen LogP contribution < -0.4 is 11.3 Å². The van der Waals surface area contributed by atoms with Gasteiger partial charge in [-0.1, -0.05) is 18.9 Å². The third-order valence-corrected chi connectivity index (χ3v) is 3.11. The van der Waals surface area contributed by atoms with Crippen LogP contribution in [0.3, 0.4) is 0 Å². The van der Waals surface area contributed by atoms with Crippen molar-refractivity contribution in [2.75, 3.05) is 0 Å². The Balaban J connectivity index is 2.11. The van der Waals surface area contributed by atoms with E-state index in [4.69, 9.17) is 5.84 Å². The minimum absolute atomic E-state index is 0.0608. The molecule has 0 heterocycles. The monoisotopic (exact) mass is 226 g/mol. The number of rotatable bonds is 5. The van der Waals surface area contributed by atoms with Crippen molar-refractivity contribution in [1.29, 1.82) is 0 Å². The van der Waals surface area contributed by atoms with E-state index >= 15 is 0 Å². The molecular formula is C12H16F2N2. The van der Waals surface area contributed by atoms with Gasteiger partial charge in [0.2, 0.25) is 0 Å². The molecule has 0 aliphatic heterocycles. The summed E-state index contributed by atoms with van der Waals surface area (Å²) in [5.74, 6) is 5.04. The highest BCUT2D eigenvalue weighted by molar-refractivity contribution is 5.23. The molecule has 1 aromatic carbocycles. The molecule has 0 spiro atoms. The fourth-order valence-corrected chi connectivity index (χ4v) is 1.96. The zero-order valence-corrected chi connectivity index (χ0v) is 9.05. The van der Waals surface area contributed by atoms with Crippen LogP contribution in [-0.2, 0) is 0 Å². The third kappa shape index (κ3) is 2.57. The van der Waals surface area contributed by atoms with Crippen molar-refractivity contribution in [3.63, 3.8) is 0 Å². The Morgan fingerprint density at radius 1 is 1.31 bits per heavy atom. The highest BCUT2D eigenvalue weighted by Crippen LogP contribution is 2.36. The fraction of sp³-hybridized carbons (Fsp3) is 0.500. The summed E-state index contributed by atoms with van der Waals surface area (Å²) in [4.78, 5) is 0. The largest absolute Gasteiger partial charge is 0.271 e. The highest BCUT2D eigenvalue weighted by atomic mass is 19.1. The summed E-state index contributed by atoms with van der Waals surface area (Å²) in [5, 5.41) is 0. The number of benzene rings is 1. The molecule has 2 nitrogen and oxygen atoms in total. The average molecular weight is 226 g/mol. The van der Waals surface area contributed by atoms with Crippen LogP contribution in [-0.4, -0.2) is 0 Å². The minimum atomic E-state index is -0.529. The quantitative estimate of drug-likeness (QED) is 0.598. The molecule has 1 aliphatic carbocycles. The molecule has 16 heavy (non-hydrogen) atoms. The van der Waals surface area contributed by atoms with E-state index < -0.39 is 17.7 Å². The van der Waals surface area contributed by atoms with Crippen molar-refractivity contribution in [1.82, 2.24) is 5.43 Å². The van der Waals surface area contributed by atoms with Gasteiger partial charge < -0.3 is 0 Å². The van der Waals surface area contributed by atoms with Gasteiger partial charge in [-0.05, 0) is 30.9 Å². The maximum Gasteiger partial charge on any atom is 0.130 e. The van der Waals surface area contributed by atoms with Crippen LogP contribution in [0, 0.1) is 17.6 Å². The van der Waals surface area contributed by atoms with Crippen molar-refractivity contribution >= 4 is 0 Å². The molecule has 2 rings (SSSR count). The molecule has 1 fully saturated rings. The number of halogens is 2. The molecule has 0 aromatic heterocycles. The van der Waals surface area contributed by atoms with Crippen LogP contribution in [0.15, 0.2) is 18.2 Å². The summed E-state index contributed by atoms with van der Waals surface area (Å²) in [6.07, 6.45) is 4.12. The predicted octanol–water partition coefficient (Wildman–Crippen LogP) is 2.66. The Morgan fingerprint density at radius 3 is 2.44 bits per heavy atom. The van der Waals surface area contributed by atoms with Gasteiger partial charge >= 0.3 is 0 Å². The number of hydrogen-bond acceptors (Lipinski definition) is 2. The summed E-state index contributed by atoms with van der Waals surface area (Å²) >= 11 is 0. The zero-order chi connectivity index (χ0) is 11.5. The van der Waals surface area contributed by atoms with Gasteiger partial charge in [-0.15, -0.1) is 0 Å². The standard InChI is InChI=1S/C12H16F2N2/c13-9-2-1-3-10(14)12(9)11(16-15)7-6-8-4-5-8/h1-3,8,11,16H,4-7,15H2. The molecule has 0 amide bonds. The van der Waals surface area contributed by atoms with Gasteiger partial charge in [0.05, 0.1) is 6.04 Å². The lowest BCUT2D eigenvalue weighted by Crippen LogP contribution is -2.29. The molecule has 4 heteroatoms. The van der Waals surface area contributed by atoms with E-state index in [0.29, 0.717) is 6.42 Å². The fourth-order valence-electron chi connectivity index (χ4n) is 1.96. The SMILES string of the molecule is NNC(CCC1CC1)c1c(F)cccc1F. The first-order valence-corrected chi connectivity index (χ1v) is 5.62. The van der Waals surface area contributed by atoms with Crippen molar-refractivity contribution in [2.24, 2.45) is 11.8 Å². The van der Waals surface area contributed by atoms with E-state index in [1.54, 1.807) is 0 Å². The van der Waals surface area contributed by atoms with Crippen molar-refractivity contribution < 1.29 is 8.78 Å². The summed E-state index contributed by atoms with van der Waals surface area (Å²) in [6.45, 7) is 0. The van der Waals surface area contributed by atoms with Crippen LogP contribution in [0.25, 0.3) is 0 Å². The van der Waals surface area contributed by atoms with Crippen LogP contribution in [0.2, 0.25) is 0 Å². The van der Waals surface area contributed by atoms with E-state index in [1.807, 2.05) is 0 Å². The second-order valence-corrected chi connectivity index (χ2v) is 4.38. The van der Waals surface area contributed by atoms with E-state index in [-0.39, 0.29) is 5.56 Å². The van der Waals surface area contributed by atoms with Gasteiger partial charge in [-0.2, -0.15) is 0 Å². The second-order valence-electron chi connectivity index (χ2n) is 4.38. The van der Waals surface area contributed by atoms with Crippen molar-refractivity contribution in [3.05, 3.63) is 35.4 Å². The van der Waals surface area contributed by atoms with Gasteiger partial charge in [0.25, 0.3) is 0 Å². The Morgan fingerprint density at radius 2 is 1.94 bits per heavy atom. The normalized spacial score (nSPS) is 17.4. The van der Waals surface area contributed by atoms with Crippen LogP contribution in [0.5, 0.6) is 0 Å². The van der Waals surface area contributed by atoms with Gasteiger partial charge in [0, 0.05) is 5.56 Å². The van der Waals surface area contributed by atoms with Gasteiger partial charge in [0.1, 0.15) is 11.6 Å². The molecule has 0 radical (unpaired) electrons. The molecule has 0 bridgehead atoms. The molecule has 1 aliphatic rings. The predicted molar refractivity (Wildman–Crippen MR) is 58.4 cm³/mol. The van der Waals surface area contributed by atoms with E-state index in [9.17, 15) is 8.78 Å². The molecular weight excluding hydrogens is 210 g/mol. The average Bonchev–Trinajstić information content (AvgIpc) is 3.06. The topological polar surface area (TPSA) is 38.0 Å². The molecule has 3 N–H and O–H groups in total. The van der Waals surface area contributed by atoms with Gasteiger partial charge in [-0.25, -0.2) is 8.78 Å². The van der Waals surface area contributed by atoms with Crippen molar-refractivity contribution in [2.45, 2.75) is 31.7 Å². The molecule has 0 saturated heterocycles. The first-order chi connectivity index (χ1) is 7.72. The summed E-state index contributed by atoms with van der Waals surface area (Å²) in [7, 11) is 0. The Hall–Kier alpha value is -1.00. The first-order valence-electron chi connectivity index (χ1n) is 5.62. The second kappa shape index (κ2) is 4.89. The minimum Gasteiger partial charge on any atom is -0.271 e. The molecule has 1 aromatic rings. The zero-order valence-electron chi connectivity index (χ0n) is 9.05. The molecule has 1 unspecified atom stereocenters. The Bertz CT molecular complexity index is 344. The van der Waals surface area contributed by atoms with E-state index in [1.165, 1.54) is 31.0 Å². The van der Waals surface area contributed by atoms with Gasteiger partial charge in [0.15, 0.2) is 0 Å². The summed E-state index contributed by atoms with van der Waals surface area (Å²) in [5.41, 5.74) is 2.56. The van der Waals surface area contributed by atoms with E-state index in [0.717, 1.165) is 12.3 Å². The van der Waals surface area contributed by atoms with Crippen LogP contribution >= 0.6 is 0 Å². The van der Waals surface area contributed by atoms with Crippen LogP contribution in [0.4, 0.5) is 8.78 Å². The maximum atomic E-state index is 13.5. The summed E-state index contributed by atoms with van der Waals surface area (Å²) < 4.78 is 27.0. The van der Waals surface area contributed by atoms with Crippen LogP contribution in [0.1, 0.15) is 37.3 Å². The Labute approximate surface area is 93.8 Å². The smallest absolute Gasteiger partial charge is 0.130 e. The lowest BCUT2D eigenvalue weighted by atomic mass is 10.00. The maximum absolute atomic E-state index is 13.5. The lowest BCUT2D eigenvalue weighted by Gasteiger charge is -2.17. The molecule has 88 valence electrons. The number of hydrazine groups is 1. The molecule has 1 saturated carbocycles. The summed E-state index contributed by atoms with van der Waals surface area (Å²) in [6, 6.07) is 3.46. The number of hydrogen-bond donors (Lipinski definition) is 2. The lowest BCUT2D eigenvalue weighted by molar-refractivity contribution is 0.435. The van der Waals surface area contributed by atoms with E-state index in [2.05, 4.69) is 5.43 Å². The van der Waals surface area contributed by atoms with Gasteiger partial charge in [-0.3, -0.25) is 11.3 Å². The number of nitrogens with two attached hydrogens (primary N) is 1. The molecule has 1 atom stereocenters. The number of nitrogens with one attached hydrogen (secondary N) is 1. The van der Waals surface area contributed by atoms with Crippen molar-refractivity contribution in [3.8, 4) is 0 Å². The Kier molecular flexibility index (Phi) is 3.51. The first kappa shape index (κ1) is 11.5. The third-order valence-electron chi connectivity index (χ3n) is 3.11.